The van der Waals surface area contributed by atoms with E-state index in [1.54, 1.807) is 24.3 Å². The highest BCUT2D eigenvalue weighted by Crippen LogP contribution is 2.15. The maximum Gasteiger partial charge on any atom is 0.248 e. The minimum absolute atomic E-state index is 0.0407. The molecular weight excluding hydrogens is 454 g/mol. The van der Waals surface area contributed by atoms with Gasteiger partial charge in [0.15, 0.2) is 0 Å². The predicted molar refractivity (Wildman–Crippen MR) is 120 cm³/mol. The van der Waals surface area contributed by atoms with Crippen molar-refractivity contribution in [3.63, 3.8) is 0 Å². The largest absolute Gasteiger partial charge is 0.468 e. The van der Waals surface area contributed by atoms with Crippen molar-refractivity contribution >= 4 is 37.7 Å². The van der Waals surface area contributed by atoms with E-state index in [2.05, 4.69) is 14.8 Å². The quantitative estimate of drug-likeness (QED) is 0.407. The van der Waals surface area contributed by atoms with Gasteiger partial charge in [0.25, 0.3) is 0 Å². The third-order valence-electron chi connectivity index (χ3n) is 4.33. The fraction of sp³-hybridized carbons (Fsp3) is 0.0952. The number of carbonyl (C=O) groups is 1. The van der Waals surface area contributed by atoms with Gasteiger partial charge in [0.1, 0.15) is 5.76 Å². The minimum atomic E-state index is -3.70. The predicted octanol–water partition coefficient (Wildman–Crippen LogP) is 2.32. The molecule has 3 N–H and O–H groups in total. The van der Waals surface area contributed by atoms with Gasteiger partial charge in [-0.1, -0.05) is 12.1 Å². The van der Waals surface area contributed by atoms with Crippen molar-refractivity contribution in [2.75, 3.05) is 12.4 Å². The highest BCUT2D eigenvalue weighted by Gasteiger charge is 2.14. The van der Waals surface area contributed by atoms with E-state index in [9.17, 15) is 21.6 Å². The zero-order chi connectivity index (χ0) is 23.2. The van der Waals surface area contributed by atoms with Crippen LogP contribution in [0.15, 0.2) is 87.2 Å². The van der Waals surface area contributed by atoms with Gasteiger partial charge < -0.3 is 9.73 Å². The van der Waals surface area contributed by atoms with Crippen LogP contribution in [-0.2, 0) is 31.4 Å². The minimum Gasteiger partial charge on any atom is -0.468 e. The molecule has 1 heterocycles. The summed E-state index contributed by atoms with van der Waals surface area (Å²) < 4.78 is 57.9. The third-order valence-corrected chi connectivity index (χ3v) is 7.18. The maximum atomic E-state index is 12.3. The number of anilines is 1. The molecule has 168 valence electrons. The van der Waals surface area contributed by atoms with Crippen molar-refractivity contribution in [3.8, 4) is 0 Å². The summed E-state index contributed by atoms with van der Waals surface area (Å²) in [6, 6.07) is 15.1. The topological polar surface area (TPSA) is 135 Å². The standard InChI is InChI=1S/C21H21N3O6S2/c1-22-31(26,27)19-11-7-17(8-12-19)24-21(25)13-6-16-4-9-20(10-5-16)32(28,29)23-15-18-3-2-14-30-18/h2-14,22-23H,15H2,1H3,(H,24,25)/b13-6+. The van der Waals surface area contributed by atoms with E-state index in [0.29, 0.717) is 17.0 Å². The summed E-state index contributed by atoms with van der Waals surface area (Å²) in [5.74, 6) is 0.0727. The third kappa shape index (κ3) is 6.14. The molecule has 0 aliphatic carbocycles. The van der Waals surface area contributed by atoms with Crippen LogP contribution in [0.5, 0.6) is 0 Å². The molecule has 0 saturated carbocycles. The lowest BCUT2D eigenvalue weighted by molar-refractivity contribution is -0.111. The first-order valence-electron chi connectivity index (χ1n) is 9.34. The molecule has 0 atom stereocenters. The van der Waals surface area contributed by atoms with Crippen LogP contribution in [0.2, 0.25) is 0 Å². The monoisotopic (exact) mass is 475 g/mol. The second kappa shape index (κ2) is 9.92. The maximum absolute atomic E-state index is 12.3. The summed E-state index contributed by atoms with van der Waals surface area (Å²) in [5.41, 5.74) is 1.05. The molecular formula is C21H21N3O6S2. The van der Waals surface area contributed by atoms with Gasteiger partial charge in [0.2, 0.25) is 26.0 Å². The van der Waals surface area contributed by atoms with Gasteiger partial charge in [-0.2, -0.15) is 0 Å². The first-order chi connectivity index (χ1) is 15.2. The van der Waals surface area contributed by atoms with Crippen LogP contribution in [0.1, 0.15) is 11.3 Å². The Morgan fingerprint density at radius 2 is 1.53 bits per heavy atom. The lowest BCUT2D eigenvalue weighted by atomic mass is 10.2. The van der Waals surface area contributed by atoms with Crippen molar-refractivity contribution in [2.24, 2.45) is 0 Å². The molecule has 1 aromatic heterocycles. The molecule has 11 heteroatoms. The Bertz CT molecular complexity index is 1300. The van der Waals surface area contributed by atoms with Crippen molar-refractivity contribution in [1.82, 2.24) is 9.44 Å². The first kappa shape index (κ1) is 23.4. The lowest BCUT2D eigenvalue weighted by Crippen LogP contribution is -2.22. The molecule has 0 fully saturated rings. The molecule has 3 aromatic rings. The van der Waals surface area contributed by atoms with Crippen LogP contribution < -0.4 is 14.8 Å². The summed E-state index contributed by atoms with van der Waals surface area (Å²) in [7, 11) is -5.93. The number of amides is 1. The summed E-state index contributed by atoms with van der Waals surface area (Å²) in [6.07, 6.45) is 4.28. The van der Waals surface area contributed by atoms with Gasteiger partial charge >= 0.3 is 0 Å². The molecule has 0 spiro atoms. The fourth-order valence-electron chi connectivity index (χ4n) is 2.61. The number of hydrogen-bond donors (Lipinski definition) is 3. The molecule has 3 rings (SSSR count). The Kier molecular flexibility index (Phi) is 7.26. The van der Waals surface area contributed by atoms with E-state index in [1.807, 2.05) is 0 Å². The first-order valence-corrected chi connectivity index (χ1v) is 12.3. The van der Waals surface area contributed by atoms with Crippen molar-refractivity contribution in [1.29, 1.82) is 0 Å². The van der Waals surface area contributed by atoms with Crippen LogP contribution in [0, 0.1) is 0 Å². The van der Waals surface area contributed by atoms with Crippen molar-refractivity contribution in [3.05, 3.63) is 84.3 Å². The molecule has 0 aliphatic rings. The summed E-state index contributed by atoms with van der Waals surface area (Å²) in [6.45, 7) is 0.0407. The molecule has 0 radical (unpaired) electrons. The lowest BCUT2D eigenvalue weighted by Gasteiger charge is -2.06. The van der Waals surface area contributed by atoms with Crippen LogP contribution in [0.25, 0.3) is 6.08 Å². The van der Waals surface area contributed by atoms with Crippen molar-refractivity contribution in [2.45, 2.75) is 16.3 Å². The number of carbonyl (C=O) groups excluding carboxylic acids is 1. The van der Waals surface area contributed by atoms with Gasteiger partial charge in [-0.15, -0.1) is 0 Å². The number of furan rings is 1. The number of benzene rings is 2. The fourth-order valence-corrected chi connectivity index (χ4v) is 4.34. The number of sulfonamides is 2. The van der Waals surface area contributed by atoms with E-state index in [1.165, 1.54) is 61.9 Å². The summed E-state index contributed by atoms with van der Waals surface area (Å²) in [4.78, 5) is 12.3. The average molecular weight is 476 g/mol. The molecule has 0 aliphatic heterocycles. The van der Waals surface area contributed by atoms with Gasteiger partial charge in [-0.05, 0) is 67.2 Å². The Morgan fingerprint density at radius 1 is 0.906 bits per heavy atom. The molecule has 2 aromatic carbocycles. The van der Waals surface area contributed by atoms with Crippen LogP contribution in [0.3, 0.4) is 0 Å². The summed E-state index contributed by atoms with van der Waals surface area (Å²) in [5, 5.41) is 2.62. The summed E-state index contributed by atoms with van der Waals surface area (Å²) >= 11 is 0. The van der Waals surface area contributed by atoms with E-state index in [-0.39, 0.29) is 16.3 Å². The number of rotatable bonds is 9. The SMILES string of the molecule is CNS(=O)(=O)c1ccc(NC(=O)/C=C/c2ccc(S(=O)(=O)NCc3ccco3)cc2)cc1. The molecule has 0 bridgehead atoms. The smallest absolute Gasteiger partial charge is 0.248 e. The molecule has 1 amide bonds. The second-order valence-corrected chi connectivity index (χ2v) is 10.2. The van der Waals surface area contributed by atoms with E-state index >= 15 is 0 Å². The normalized spacial score (nSPS) is 12.2. The van der Waals surface area contributed by atoms with Gasteiger partial charge in [-0.3, -0.25) is 4.79 Å². The Morgan fingerprint density at radius 3 is 2.12 bits per heavy atom. The highest BCUT2D eigenvalue weighted by atomic mass is 32.2. The van der Waals surface area contributed by atoms with E-state index in [0.717, 1.165) is 0 Å². The molecule has 9 nitrogen and oxygen atoms in total. The van der Waals surface area contributed by atoms with Crippen LogP contribution in [-0.4, -0.2) is 29.8 Å². The van der Waals surface area contributed by atoms with Crippen LogP contribution >= 0.6 is 0 Å². The zero-order valence-electron chi connectivity index (χ0n) is 17.0. The van der Waals surface area contributed by atoms with E-state index in [4.69, 9.17) is 4.42 Å². The zero-order valence-corrected chi connectivity index (χ0v) is 18.6. The Labute approximate surface area is 186 Å². The Balaban J connectivity index is 1.58. The van der Waals surface area contributed by atoms with E-state index < -0.39 is 26.0 Å². The highest BCUT2D eigenvalue weighted by molar-refractivity contribution is 7.89. The molecule has 32 heavy (non-hydrogen) atoms. The van der Waals surface area contributed by atoms with Gasteiger partial charge in [-0.25, -0.2) is 26.3 Å². The number of nitrogens with one attached hydrogen (secondary N) is 3. The second-order valence-electron chi connectivity index (χ2n) is 6.53. The average Bonchev–Trinajstić information content (AvgIpc) is 3.31. The Hall–Kier alpha value is -3.25. The van der Waals surface area contributed by atoms with Gasteiger partial charge in [0.05, 0.1) is 22.6 Å². The van der Waals surface area contributed by atoms with Crippen LogP contribution in [0.4, 0.5) is 5.69 Å². The van der Waals surface area contributed by atoms with Gasteiger partial charge in [0, 0.05) is 11.8 Å². The number of hydrogen-bond acceptors (Lipinski definition) is 6. The molecule has 0 saturated heterocycles. The van der Waals surface area contributed by atoms with Crippen molar-refractivity contribution < 1.29 is 26.0 Å². The molecule has 0 unspecified atom stereocenters.